The van der Waals surface area contributed by atoms with Crippen molar-refractivity contribution in [3.63, 3.8) is 0 Å². The van der Waals surface area contributed by atoms with Crippen LogP contribution in [0.5, 0.6) is 0 Å². The van der Waals surface area contributed by atoms with Gasteiger partial charge in [0, 0.05) is 36.0 Å². The molecule has 0 N–H and O–H groups in total. The van der Waals surface area contributed by atoms with Crippen LogP contribution in [0.25, 0.3) is 0 Å². The van der Waals surface area contributed by atoms with E-state index in [-0.39, 0.29) is 46.7 Å². The smallest absolute Gasteiger partial charge is 0.325 e. The largest absolute Gasteiger partial charge is 0.465 e. The fraction of sp³-hybridized carbons (Fsp3) is 0.370. The molecular weight excluding hydrogens is 464 g/mol. The van der Waals surface area contributed by atoms with Crippen molar-refractivity contribution in [2.24, 2.45) is 5.41 Å². The number of ketones is 1. The van der Waals surface area contributed by atoms with Crippen LogP contribution in [0.4, 0.5) is 0 Å². The second-order valence-electron chi connectivity index (χ2n) is 9.68. The molecule has 2 heterocycles. The Morgan fingerprint density at radius 1 is 1.11 bits per heavy atom. The van der Waals surface area contributed by atoms with Gasteiger partial charge in [-0.2, -0.15) is 0 Å². The molecule has 8 heteroatoms. The molecule has 0 fully saturated rings. The van der Waals surface area contributed by atoms with Crippen LogP contribution in [0.1, 0.15) is 60.1 Å². The molecule has 0 bridgehead atoms. The summed E-state index contributed by atoms with van der Waals surface area (Å²) in [5.74, 6) is -0.363. The van der Waals surface area contributed by atoms with Gasteiger partial charge >= 0.3 is 5.97 Å². The summed E-state index contributed by atoms with van der Waals surface area (Å²) in [6.45, 7) is 7.98. The minimum absolute atomic E-state index is 0.00752. The summed E-state index contributed by atoms with van der Waals surface area (Å²) in [5, 5.41) is -0.0268. The van der Waals surface area contributed by atoms with Crippen molar-refractivity contribution in [3.05, 3.63) is 76.7 Å². The summed E-state index contributed by atoms with van der Waals surface area (Å²) in [7, 11) is -3.85. The van der Waals surface area contributed by atoms with Crippen LogP contribution in [0.2, 0.25) is 0 Å². The number of carbonyl (C=O) groups is 2. The van der Waals surface area contributed by atoms with Crippen LogP contribution < -0.4 is 0 Å². The first-order chi connectivity index (χ1) is 16.5. The summed E-state index contributed by atoms with van der Waals surface area (Å²) in [6, 6.07) is 11.6. The molecule has 1 aliphatic rings. The third kappa shape index (κ3) is 4.80. The number of ether oxygens (including phenoxy) is 1. The zero-order valence-corrected chi connectivity index (χ0v) is 21.3. The fourth-order valence-electron chi connectivity index (χ4n) is 4.88. The Balaban J connectivity index is 1.84. The lowest BCUT2D eigenvalue weighted by Gasteiger charge is -2.30. The van der Waals surface area contributed by atoms with E-state index in [1.807, 2.05) is 25.3 Å². The highest BCUT2D eigenvalue weighted by molar-refractivity contribution is 7.91. The van der Waals surface area contributed by atoms with Crippen molar-refractivity contribution in [2.45, 2.75) is 63.4 Å². The number of Topliss-reactive ketones (excluding diaryl/α,β-unsaturated/α-hetero) is 1. The Bertz CT molecular complexity index is 1390. The molecule has 0 atom stereocenters. The lowest BCUT2D eigenvalue weighted by molar-refractivity contribution is -0.143. The van der Waals surface area contributed by atoms with E-state index in [9.17, 15) is 18.0 Å². The molecule has 2 aromatic heterocycles. The zero-order valence-electron chi connectivity index (χ0n) is 20.5. The highest BCUT2D eigenvalue weighted by Gasteiger charge is 2.37. The molecule has 1 aromatic carbocycles. The van der Waals surface area contributed by atoms with Crippen molar-refractivity contribution >= 4 is 21.6 Å². The number of fused-ring (bicyclic) bond motifs is 1. The highest BCUT2D eigenvalue weighted by Crippen LogP contribution is 2.40. The minimum atomic E-state index is -3.85. The number of aromatic nitrogens is 2. The van der Waals surface area contributed by atoms with Gasteiger partial charge in [0.05, 0.1) is 11.5 Å². The molecule has 0 unspecified atom stereocenters. The first kappa shape index (κ1) is 24.9. The van der Waals surface area contributed by atoms with E-state index in [4.69, 9.17) is 4.74 Å². The van der Waals surface area contributed by atoms with Gasteiger partial charge < -0.3 is 9.30 Å². The maximum atomic E-state index is 13.4. The molecule has 0 aliphatic heterocycles. The van der Waals surface area contributed by atoms with Gasteiger partial charge in [0.1, 0.15) is 6.54 Å². The predicted molar refractivity (Wildman–Crippen MR) is 131 cm³/mol. The van der Waals surface area contributed by atoms with Crippen molar-refractivity contribution in [1.82, 2.24) is 9.55 Å². The molecule has 184 valence electrons. The number of benzene rings is 1. The van der Waals surface area contributed by atoms with Crippen molar-refractivity contribution in [3.8, 4) is 0 Å². The Hall–Kier alpha value is -3.26. The van der Waals surface area contributed by atoms with Gasteiger partial charge in [0.15, 0.2) is 10.8 Å². The summed E-state index contributed by atoms with van der Waals surface area (Å²) < 4.78 is 33.8. The third-order valence-corrected chi connectivity index (χ3v) is 8.21. The molecule has 4 rings (SSSR count). The van der Waals surface area contributed by atoms with Gasteiger partial charge in [-0.25, -0.2) is 13.4 Å². The molecule has 0 spiro atoms. The first-order valence-electron chi connectivity index (χ1n) is 11.7. The van der Waals surface area contributed by atoms with Crippen LogP contribution in [0.3, 0.4) is 0 Å². The first-order valence-corrected chi connectivity index (χ1v) is 13.2. The van der Waals surface area contributed by atoms with Gasteiger partial charge in [-0.3, -0.25) is 9.59 Å². The zero-order chi connectivity index (χ0) is 25.4. The Morgan fingerprint density at radius 3 is 2.51 bits per heavy atom. The lowest BCUT2D eigenvalue weighted by Crippen LogP contribution is -2.29. The van der Waals surface area contributed by atoms with Gasteiger partial charge in [0.25, 0.3) is 0 Å². The van der Waals surface area contributed by atoms with E-state index in [1.165, 1.54) is 6.20 Å². The Labute approximate surface area is 206 Å². The van der Waals surface area contributed by atoms with Crippen LogP contribution in [0, 0.1) is 12.3 Å². The molecule has 0 saturated heterocycles. The Morgan fingerprint density at radius 2 is 1.83 bits per heavy atom. The van der Waals surface area contributed by atoms with E-state index in [0.717, 1.165) is 17.0 Å². The average molecular weight is 495 g/mol. The maximum Gasteiger partial charge on any atom is 0.325 e. The number of hydrogen-bond donors (Lipinski definition) is 0. The van der Waals surface area contributed by atoms with Gasteiger partial charge in [-0.15, -0.1) is 0 Å². The van der Waals surface area contributed by atoms with Crippen molar-refractivity contribution < 1.29 is 22.7 Å². The van der Waals surface area contributed by atoms with Gasteiger partial charge in [-0.1, -0.05) is 38.1 Å². The highest BCUT2D eigenvalue weighted by atomic mass is 32.2. The van der Waals surface area contributed by atoms with Crippen LogP contribution in [-0.4, -0.2) is 36.3 Å². The molecule has 0 amide bonds. The standard InChI is InChI=1S/C27H30N2O5S/c1-5-34-24(31)17-29-18(2)21(25-22(29)15-27(3,4)16-23(25)30)14-19-10-9-13-28-26(19)35(32,33)20-11-7-6-8-12-20/h6-13H,5,14-17H2,1-4H3. The van der Waals surface area contributed by atoms with Gasteiger partial charge in [0.2, 0.25) is 9.84 Å². The van der Waals surface area contributed by atoms with Crippen molar-refractivity contribution in [2.75, 3.05) is 6.61 Å². The van der Waals surface area contributed by atoms with Crippen LogP contribution >= 0.6 is 0 Å². The maximum absolute atomic E-state index is 13.4. The average Bonchev–Trinajstić information content (AvgIpc) is 3.05. The Kier molecular flexibility index (Phi) is 6.68. The van der Waals surface area contributed by atoms with Crippen molar-refractivity contribution in [1.29, 1.82) is 0 Å². The second-order valence-corrected chi connectivity index (χ2v) is 11.5. The van der Waals surface area contributed by atoms with E-state index >= 15 is 0 Å². The number of rotatable bonds is 7. The summed E-state index contributed by atoms with van der Waals surface area (Å²) >= 11 is 0. The summed E-state index contributed by atoms with van der Waals surface area (Å²) in [6.07, 6.45) is 2.70. The SMILES string of the molecule is CCOC(=O)Cn1c(C)c(Cc2cccnc2S(=O)(=O)c2ccccc2)c2c1CC(C)(C)CC2=O. The lowest BCUT2D eigenvalue weighted by atomic mass is 9.75. The van der Waals surface area contributed by atoms with Crippen LogP contribution in [-0.2, 0) is 38.8 Å². The topological polar surface area (TPSA) is 95.3 Å². The van der Waals surface area contributed by atoms with E-state index in [2.05, 4.69) is 4.98 Å². The monoisotopic (exact) mass is 494 g/mol. The number of hydrogen-bond acceptors (Lipinski definition) is 6. The predicted octanol–water partition coefficient (Wildman–Crippen LogP) is 4.33. The summed E-state index contributed by atoms with van der Waals surface area (Å²) in [5.41, 5.74) is 3.17. The van der Waals surface area contributed by atoms with E-state index < -0.39 is 9.84 Å². The molecular formula is C27H30N2O5S. The number of carbonyl (C=O) groups excluding carboxylic acids is 2. The molecule has 0 radical (unpaired) electrons. The van der Waals surface area contributed by atoms with Crippen LogP contribution in [0.15, 0.2) is 58.6 Å². The van der Waals surface area contributed by atoms with Gasteiger partial charge in [-0.05, 0) is 55.0 Å². The number of esters is 1. The third-order valence-electron chi connectivity index (χ3n) is 6.44. The molecule has 1 aliphatic carbocycles. The van der Waals surface area contributed by atoms with E-state index in [0.29, 0.717) is 24.0 Å². The minimum Gasteiger partial charge on any atom is -0.465 e. The number of nitrogens with zero attached hydrogens (tertiary/aromatic N) is 2. The quantitative estimate of drug-likeness (QED) is 0.454. The molecule has 0 saturated carbocycles. The normalized spacial score (nSPS) is 15.0. The number of sulfone groups is 1. The molecule has 3 aromatic rings. The fourth-order valence-corrected chi connectivity index (χ4v) is 6.30. The molecule has 7 nitrogen and oxygen atoms in total. The summed E-state index contributed by atoms with van der Waals surface area (Å²) in [4.78, 5) is 30.1. The van der Waals surface area contributed by atoms with E-state index in [1.54, 1.807) is 49.4 Å². The second kappa shape index (κ2) is 9.41. The molecule has 35 heavy (non-hydrogen) atoms. The number of pyridine rings is 1.